The number of guanidine groups is 1. The second-order valence-electron chi connectivity index (χ2n) is 5.25. The van der Waals surface area contributed by atoms with Crippen LogP contribution in [0.5, 0.6) is 0 Å². The number of halogens is 1. The van der Waals surface area contributed by atoms with Crippen molar-refractivity contribution in [3.63, 3.8) is 0 Å². The molecule has 3 heterocycles. The topological polar surface area (TPSA) is 87.4 Å². The van der Waals surface area contributed by atoms with E-state index in [1.165, 1.54) is 11.3 Å². The molecule has 2 aromatic heterocycles. The molecule has 0 bridgehead atoms. The summed E-state index contributed by atoms with van der Waals surface area (Å²) >= 11 is 7.26. The van der Waals surface area contributed by atoms with E-state index in [0.717, 1.165) is 35.9 Å². The van der Waals surface area contributed by atoms with Gasteiger partial charge in [0, 0.05) is 31.4 Å². The number of hydrogen-bond donors (Lipinski definition) is 3. The first-order valence-electron chi connectivity index (χ1n) is 7.46. The van der Waals surface area contributed by atoms with Crippen LogP contribution >= 0.6 is 22.9 Å². The molecule has 0 amide bonds. The highest BCUT2D eigenvalue weighted by atomic mass is 35.5. The molecule has 0 radical (unpaired) electrons. The summed E-state index contributed by atoms with van der Waals surface area (Å²) < 4.78 is 2.81. The Kier molecular flexibility index (Phi) is 5.14. The van der Waals surface area contributed by atoms with Gasteiger partial charge in [-0.2, -0.15) is 0 Å². The number of fused-ring (bicyclic) bond motifs is 1. The molecule has 0 fully saturated rings. The number of aromatic nitrogens is 3. The van der Waals surface area contributed by atoms with Crippen LogP contribution in [0.25, 0.3) is 0 Å². The maximum atomic E-state index is 10.1. The number of nitrogens with zero attached hydrogens (tertiary/aromatic N) is 4. The van der Waals surface area contributed by atoms with Crippen molar-refractivity contribution in [1.29, 1.82) is 0 Å². The predicted octanol–water partition coefficient (Wildman–Crippen LogP) is 1.34. The Morgan fingerprint density at radius 2 is 2.35 bits per heavy atom. The van der Waals surface area contributed by atoms with Gasteiger partial charge in [-0.1, -0.05) is 11.6 Å². The van der Waals surface area contributed by atoms with Gasteiger partial charge < -0.3 is 20.3 Å². The van der Waals surface area contributed by atoms with Gasteiger partial charge in [0.05, 0.1) is 10.9 Å². The third kappa shape index (κ3) is 3.82. The zero-order chi connectivity index (χ0) is 16.2. The van der Waals surface area contributed by atoms with Crippen molar-refractivity contribution >= 4 is 28.9 Å². The van der Waals surface area contributed by atoms with Crippen molar-refractivity contribution in [2.24, 2.45) is 4.99 Å². The first-order chi connectivity index (χ1) is 11.2. The van der Waals surface area contributed by atoms with Crippen LogP contribution < -0.4 is 10.6 Å². The summed E-state index contributed by atoms with van der Waals surface area (Å²) in [6, 6.07) is 3.61. The summed E-state index contributed by atoms with van der Waals surface area (Å²) in [5.74, 6) is 2.57. The molecule has 0 saturated heterocycles. The summed E-state index contributed by atoms with van der Waals surface area (Å²) in [5, 5.41) is 24.8. The fourth-order valence-electron chi connectivity index (χ4n) is 2.53. The third-order valence-electron chi connectivity index (χ3n) is 3.71. The molecule has 0 aliphatic carbocycles. The van der Waals surface area contributed by atoms with E-state index < -0.39 is 6.10 Å². The molecular weight excluding hydrogens is 336 g/mol. The SMILES string of the molecule is CN=C(NCc1nnc2n1CCC2)NCC(O)c1ccc(Cl)s1. The van der Waals surface area contributed by atoms with Crippen LogP contribution in [0.3, 0.4) is 0 Å². The number of nitrogens with one attached hydrogen (secondary N) is 2. The van der Waals surface area contributed by atoms with Crippen LogP contribution in [0.2, 0.25) is 4.34 Å². The van der Waals surface area contributed by atoms with E-state index in [4.69, 9.17) is 11.6 Å². The Hall–Kier alpha value is -1.64. The first kappa shape index (κ1) is 16.2. The fourth-order valence-corrected chi connectivity index (χ4v) is 3.57. The van der Waals surface area contributed by atoms with Gasteiger partial charge in [0.2, 0.25) is 0 Å². The molecule has 3 rings (SSSR count). The average Bonchev–Trinajstić information content (AvgIpc) is 3.24. The molecule has 1 aliphatic heterocycles. The quantitative estimate of drug-likeness (QED) is 0.557. The molecule has 0 spiro atoms. The molecule has 7 nitrogen and oxygen atoms in total. The molecule has 23 heavy (non-hydrogen) atoms. The number of aliphatic hydroxyl groups is 1. The molecule has 0 aromatic carbocycles. The van der Waals surface area contributed by atoms with Crippen molar-refractivity contribution < 1.29 is 5.11 Å². The van der Waals surface area contributed by atoms with E-state index in [1.807, 2.05) is 6.07 Å². The zero-order valence-corrected chi connectivity index (χ0v) is 14.4. The maximum absolute atomic E-state index is 10.1. The van der Waals surface area contributed by atoms with Crippen molar-refractivity contribution in [3.05, 3.63) is 33.0 Å². The highest BCUT2D eigenvalue weighted by Gasteiger charge is 2.17. The molecule has 0 saturated carbocycles. The number of hydrogen-bond acceptors (Lipinski definition) is 5. The van der Waals surface area contributed by atoms with Gasteiger partial charge in [-0.15, -0.1) is 21.5 Å². The maximum Gasteiger partial charge on any atom is 0.191 e. The second kappa shape index (κ2) is 7.29. The van der Waals surface area contributed by atoms with Crippen molar-refractivity contribution in [3.8, 4) is 0 Å². The summed E-state index contributed by atoms with van der Waals surface area (Å²) in [5.41, 5.74) is 0. The first-order valence-corrected chi connectivity index (χ1v) is 8.65. The van der Waals surface area contributed by atoms with Crippen LogP contribution in [0.1, 0.15) is 29.1 Å². The van der Waals surface area contributed by atoms with Crippen molar-refractivity contribution in [2.75, 3.05) is 13.6 Å². The lowest BCUT2D eigenvalue weighted by atomic mass is 10.3. The fraction of sp³-hybridized carbons (Fsp3) is 0.500. The molecular formula is C14H19ClN6OS. The van der Waals surface area contributed by atoms with Crippen LogP contribution in [0.15, 0.2) is 17.1 Å². The standard InChI is InChI=1S/C14H19ClN6OS/c1-16-14(17-7-9(22)10-4-5-11(15)23-10)18-8-13-20-19-12-3-2-6-21(12)13/h4-5,9,22H,2-3,6-8H2,1H3,(H2,16,17,18). The second-order valence-corrected chi connectivity index (χ2v) is 7.00. The normalized spacial score (nSPS) is 15.5. The van der Waals surface area contributed by atoms with Crippen LogP contribution in [0, 0.1) is 0 Å². The molecule has 1 unspecified atom stereocenters. The Balaban J connectivity index is 1.50. The van der Waals surface area contributed by atoms with E-state index >= 15 is 0 Å². The summed E-state index contributed by atoms with van der Waals surface area (Å²) in [4.78, 5) is 4.98. The predicted molar refractivity (Wildman–Crippen MR) is 90.8 cm³/mol. The molecule has 9 heteroatoms. The monoisotopic (exact) mass is 354 g/mol. The highest BCUT2D eigenvalue weighted by molar-refractivity contribution is 7.16. The van der Waals surface area contributed by atoms with Gasteiger partial charge in [0.1, 0.15) is 11.9 Å². The highest BCUT2D eigenvalue weighted by Crippen LogP contribution is 2.26. The summed E-state index contributed by atoms with van der Waals surface area (Å²) in [6.07, 6.45) is 1.50. The Morgan fingerprint density at radius 3 is 3.09 bits per heavy atom. The molecule has 2 aromatic rings. The van der Waals surface area contributed by atoms with E-state index in [9.17, 15) is 5.11 Å². The Morgan fingerprint density at radius 1 is 1.48 bits per heavy atom. The van der Waals surface area contributed by atoms with Gasteiger partial charge in [0.15, 0.2) is 11.8 Å². The largest absolute Gasteiger partial charge is 0.386 e. The van der Waals surface area contributed by atoms with Crippen molar-refractivity contribution in [1.82, 2.24) is 25.4 Å². The lowest BCUT2D eigenvalue weighted by Crippen LogP contribution is -2.39. The van der Waals surface area contributed by atoms with E-state index in [1.54, 1.807) is 13.1 Å². The van der Waals surface area contributed by atoms with E-state index in [0.29, 0.717) is 23.4 Å². The Bertz CT molecular complexity index is 697. The minimum atomic E-state index is -0.622. The van der Waals surface area contributed by atoms with Crippen LogP contribution in [-0.2, 0) is 19.5 Å². The number of aliphatic hydroxyl groups excluding tert-OH is 1. The van der Waals surface area contributed by atoms with Gasteiger partial charge in [-0.05, 0) is 18.6 Å². The summed E-state index contributed by atoms with van der Waals surface area (Å²) in [7, 11) is 1.69. The van der Waals surface area contributed by atoms with Gasteiger partial charge >= 0.3 is 0 Å². The van der Waals surface area contributed by atoms with Gasteiger partial charge in [0.25, 0.3) is 0 Å². The number of aryl methyl sites for hydroxylation is 1. The zero-order valence-electron chi connectivity index (χ0n) is 12.8. The molecule has 3 N–H and O–H groups in total. The Labute approximate surface area is 143 Å². The molecule has 1 aliphatic rings. The van der Waals surface area contributed by atoms with E-state index in [-0.39, 0.29) is 0 Å². The molecule has 124 valence electrons. The van der Waals surface area contributed by atoms with Crippen LogP contribution in [-0.4, -0.2) is 39.4 Å². The molecule has 1 atom stereocenters. The van der Waals surface area contributed by atoms with Crippen molar-refractivity contribution in [2.45, 2.75) is 32.0 Å². The average molecular weight is 355 g/mol. The van der Waals surface area contributed by atoms with E-state index in [2.05, 4.69) is 30.4 Å². The number of rotatable bonds is 5. The summed E-state index contributed by atoms with van der Waals surface area (Å²) in [6.45, 7) is 1.88. The minimum absolute atomic E-state index is 0.356. The number of aliphatic imine (C=N–C) groups is 1. The lowest BCUT2D eigenvalue weighted by molar-refractivity contribution is 0.184. The minimum Gasteiger partial charge on any atom is -0.386 e. The van der Waals surface area contributed by atoms with Gasteiger partial charge in [-0.25, -0.2) is 0 Å². The van der Waals surface area contributed by atoms with Gasteiger partial charge in [-0.3, -0.25) is 4.99 Å². The number of thiophene rings is 1. The van der Waals surface area contributed by atoms with Crippen LogP contribution in [0.4, 0.5) is 0 Å². The third-order valence-corrected chi connectivity index (χ3v) is 5.04. The lowest BCUT2D eigenvalue weighted by Gasteiger charge is -2.14. The smallest absolute Gasteiger partial charge is 0.191 e.